The summed E-state index contributed by atoms with van der Waals surface area (Å²) in [6.07, 6.45) is 1.85. The summed E-state index contributed by atoms with van der Waals surface area (Å²) in [4.78, 5) is 22.1. The van der Waals surface area contributed by atoms with Crippen LogP contribution in [-0.2, 0) is 6.54 Å². The van der Waals surface area contributed by atoms with Gasteiger partial charge < -0.3 is 20.7 Å². The highest BCUT2D eigenvalue weighted by Crippen LogP contribution is 2.12. The number of thiazole rings is 1. The topological polar surface area (TPSA) is 87.6 Å². The first kappa shape index (κ1) is 19.7. The van der Waals surface area contributed by atoms with Crippen LogP contribution in [0.2, 0.25) is 0 Å². The van der Waals surface area contributed by atoms with Crippen LogP contribution in [-0.4, -0.2) is 43.6 Å². The summed E-state index contributed by atoms with van der Waals surface area (Å²) in [7, 11) is 1.60. The van der Waals surface area contributed by atoms with Gasteiger partial charge in [0.25, 0.3) is 5.91 Å². The third-order valence-corrected chi connectivity index (χ3v) is 4.34. The fourth-order valence-corrected chi connectivity index (χ4v) is 2.88. The molecular weight excluding hydrogens is 350 g/mol. The number of carbonyl (C=O) groups is 1. The van der Waals surface area contributed by atoms with E-state index in [4.69, 9.17) is 4.74 Å². The summed E-state index contributed by atoms with van der Waals surface area (Å²) >= 11 is 1.64. The highest BCUT2D eigenvalue weighted by molar-refractivity contribution is 7.11. The molecule has 0 aliphatic carbocycles. The van der Waals surface area contributed by atoms with E-state index in [1.165, 1.54) is 4.88 Å². The van der Waals surface area contributed by atoms with Gasteiger partial charge in [-0.2, -0.15) is 0 Å². The largest absolute Gasteiger partial charge is 0.497 e. The molecule has 1 aromatic heterocycles. The molecule has 0 spiro atoms. The zero-order chi connectivity index (χ0) is 18.8. The number of ether oxygens (including phenoxy) is 1. The lowest BCUT2D eigenvalue weighted by molar-refractivity contribution is 0.0954. The standard InChI is InChI=1S/C18H25N5O2S/c1-4-19-18(23-12-16-22-11-13(2)26-16)21-10-9-20-17(24)14-5-7-15(25-3)8-6-14/h5-8,11H,4,9-10,12H2,1-3H3,(H,20,24)(H2,19,21,23). The summed E-state index contributed by atoms with van der Waals surface area (Å²) in [5, 5.41) is 10.2. The van der Waals surface area contributed by atoms with Crippen molar-refractivity contribution in [1.29, 1.82) is 0 Å². The lowest BCUT2D eigenvalue weighted by atomic mass is 10.2. The quantitative estimate of drug-likeness (QED) is 0.373. The zero-order valence-corrected chi connectivity index (χ0v) is 16.2. The second-order valence-corrected chi connectivity index (χ2v) is 6.79. The number of amides is 1. The van der Waals surface area contributed by atoms with Crippen molar-refractivity contribution in [3.05, 3.63) is 45.9 Å². The van der Waals surface area contributed by atoms with Crippen LogP contribution in [0.1, 0.15) is 27.2 Å². The zero-order valence-electron chi connectivity index (χ0n) is 15.3. The first-order valence-electron chi connectivity index (χ1n) is 8.48. The Morgan fingerprint density at radius 2 is 1.92 bits per heavy atom. The molecule has 1 amide bonds. The molecule has 8 heteroatoms. The molecule has 0 radical (unpaired) electrons. The number of guanidine groups is 1. The molecular formula is C18H25N5O2S. The van der Waals surface area contributed by atoms with Crippen LogP contribution in [0.3, 0.4) is 0 Å². The minimum absolute atomic E-state index is 0.116. The van der Waals surface area contributed by atoms with Gasteiger partial charge in [0.2, 0.25) is 0 Å². The van der Waals surface area contributed by atoms with E-state index in [-0.39, 0.29) is 5.91 Å². The van der Waals surface area contributed by atoms with Gasteiger partial charge in [-0.1, -0.05) is 0 Å². The van der Waals surface area contributed by atoms with Crippen molar-refractivity contribution < 1.29 is 9.53 Å². The molecule has 0 fully saturated rings. The lowest BCUT2D eigenvalue weighted by Gasteiger charge is -2.11. The van der Waals surface area contributed by atoms with E-state index in [9.17, 15) is 4.79 Å². The first-order valence-corrected chi connectivity index (χ1v) is 9.29. The molecule has 0 unspecified atom stereocenters. The van der Waals surface area contributed by atoms with E-state index < -0.39 is 0 Å². The third kappa shape index (κ3) is 6.36. The number of carbonyl (C=O) groups excluding carboxylic acids is 1. The second-order valence-electron chi connectivity index (χ2n) is 5.47. The maximum atomic E-state index is 12.1. The number of aliphatic imine (C=N–C) groups is 1. The summed E-state index contributed by atoms with van der Waals surface area (Å²) in [6.45, 7) is 6.40. The Hall–Kier alpha value is -2.61. The number of hydrogen-bond acceptors (Lipinski definition) is 5. The third-order valence-electron chi connectivity index (χ3n) is 3.44. The SMILES string of the molecule is CCNC(=NCc1ncc(C)s1)NCCNC(=O)c1ccc(OC)cc1. The summed E-state index contributed by atoms with van der Waals surface area (Å²) in [6, 6.07) is 7.01. The molecule has 2 rings (SSSR count). The molecule has 1 heterocycles. The van der Waals surface area contributed by atoms with Crippen LogP contribution in [0, 0.1) is 6.92 Å². The molecule has 0 aliphatic heterocycles. The number of rotatable bonds is 8. The minimum atomic E-state index is -0.116. The Morgan fingerprint density at radius 3 is 2.54 bits per heavy atom. The van der Waals surface area contributed by atoms with Gasteiger partial charge in [-0.05, 0) is 38.1 Å². The number of hydrogen-bond donors (Lipinski definition) is 3. The number of nitrogens with one attached hydrogen (secondary N) is 3. The van der Waals surface area contributed by atoms with Crippen molar-refractivity contribution in [3.8, 4) is 5.75 Å². The summed E-state index contributed by atoms with van der Waals surface area (Å²) < 4.78 is 5.09. The molecule has 26 heavy (non-hydrogen) atoms. The fraction of sp³-hybridized carbons (Fsp3) is 0.389. The predicted molar refractivity (Wildman–Crippen MR) is 105 cm³/mol. The Morgan fingerprint density at radius 1 is 1.19 bits per heavy atom. The number of nitrogens with zero attached hydrogens (tertiary/aromatic N) is 2. The van der Waals surface area contributed by atoms with Crippen LogP contribution < -0.4 is 20.7 Å². The monoisotopic (exact) mass is 375 g/mol. The molecule has 7 nitrogen and oxygen atoms in total. The average molecular weight is 375 g/mol. The van der Waals surface area contributed by atoms with Crippen LogP contribution in [0.4, 0.5) is 0 Å². The maximum absolute atomic E-state index is 12.1. The Balaban J connectivity index is 1.76. The number of aromatic nitrogens is 1. The van der Waals surface area contributed by atoms with Crippen LogP contribution in [0.25, 0.3) is 0 Å². The van der Waals surface area contributed by atoms with Gasteiger partial charge in [-0.25, -0.2) is 9.98 Å². The molecule has 3 N–H and O–H groups in total. The number of methoxy groups -OCH3 is 1. The average Bonchev–Trinajstić information content (AvgIpc) is 3.08. The van der Waals surface area contributed by atoms with E-state index in [1.54, 1.807) is 42.7 Å². The van der Waals surface area contributed by atoms with E-state index in [2.05, 4.69) is 25.9 Å². The van der Waals surface area contributed by atoms with Gasteiger partial charge in [-0.15, -0.1) is 11.3 Å². The van der Waals surface area contributed by atoms with Crippen molar-refractivity contribution in [2.75, 3.05) is 26.7 Å². The van der Waals surface area contributed by atoms with Crippen molar-refractivity contribution in [2.24, 2.45) is 4.99 Å². The van der Waals surface area contributed by atoms with E-state index in [1.807, 2.05) is 20.0 Å². The predicted octanol–water partition coefficient (Wildman–Crippen LogP) is 1.95. The van der Waals surface area contributed by atoms with Gasteiger partial charge in [0.1, 0.15) is 10.8 Å². The molecule has 0 atom stereocenters. The highest BCUT2D eigenvalue weighted by atomic mass is 32.1. The second kappa shape index (κ2) is 10.4. The Labute approximate surface area is 157 Å². The van der Waals surface area contributed by atoms with Gasteiger partial charge in [0.15, 0.2) is 5.96 Å². The van der Waals surface area contributed by atoms with Gasteiger partial charge in [0, 0.05) is 36.3 Å². The Bertz CT molecular complexity index is 727. The van der Waals surface area contributed by atoms with Crippen LogP contribution >= 0.6 is 11.3 Å². The van der Waals surface area contributed by atoms with Gasteiger partial charge in [-0.3, -0.25) is 4.79 Å². The van der Waals surface area contributed by atoms with E-state index >= 15 is 0 Å². The Kier molecular flexibility index (Phi) is 7.88. The molecule has 1 aromatic carbocycles. The lowest BCUT2D eigenvalue weighted by Crippen LogP contribution is -2.41. The van der Waals surface area contributed by atoms with Crippen LogP contribution in [0.15, 0.2) is 35.5 Å². The summed E-state index contributed by atoms with van der Waals surface area (Å²) in [5.74, 6) is 1.32. The molecule has 0 saturated heterocycles. The van der Waals surface area contributed by atoms with Gasteiger partial charge in [0.05, 0.1) is 13.7 Å². The van der Waals surface area contributed by atoms with Crippen molar-refractivity contribution in [3.63, 3.8) is 0 Å². The fourth-order valence-electron chi connectivity index (χ4n) is 2.16. The molecule has 140 valence electrons. The van der Waals surface area contributed by atoms with Crippen molar-refractivity contribution >= 4 is 23.2 Å². The van der Waals surface area contributed by atoms with Crippen molar-refractivity contribution in [2.45, 2.75) is 20.4 Å². The smallest absolute Gasteiger partial charge is 0.251 e. The first-order chi connectivity index (χ1) is 12.6. The minimum Gasteiger partial charge on any atom is -0.497 e. The summed E-state index contributed by atoms with van der Waals surface area (Å²) in [5.41, 5.74) is 0.602. The number of benzene rings is 1. The van der Waals surface area contributed by atoms with Gasteiger partial charge >= 0.3 is 0 Å². The highest BCUT2D eigenvalue weighted by Gasteiger charge is 2.05. The number of aryl methyl sites for hydroxylation is 1. The molecule has 0 aliphatic rings. The molecule has 2 aromatic rings. The molecule has 0 saturated carbocycles. The van der Waals surface area contributed by atoms with E-state index in [0.717, 1.165) is 17.3 Å². The molecule has 0 bridgehead atoms. The van der Waals surface area contributed by atoms with Crippen LogP contribution in [0.5, 0.6) is 5.75 Å². The van der Waals surface area contributed by atoms with Crippen molar-refractivity contribution in [1.82, 2.24) is 20.9 Å². The normalized spacial score (nSPS) is 11.1. The van der Waals surface area contributed by atoms with E-state index in [0.29, 0.717) is 31.2 Å². The maximum Gasteiger partial charge on any atom is 0.251 e.